The van der Waals surface area contributed by atoms with Gasteiger partial charge in [-0.25, -0.2) is 9.18 Å². The molecule has 0 bridgehead atoms. The maximum Gasteiger partial charge on any atom is 0.352 e. The summed E-state index contributed by atoms with van der Waals surface area (Å²) < 4.78 is 19.2. The summed E-state index contributed by atoms with van der Waals surface area (Å²) in [5, 5.41) is 0. The van der Waals surface area contributed by atoms with E-state index >= 15 is 0 Å². The van der Waals surface area contributed by atoms with Crippen LogP contribution < -0.4 is 0 Å². The lowest BCUT2D eigenvalue weighted by molar-refractivity contribution is -0.164. The van der Waals surface area contributed by atoms with Crippen molar-refractivity contribution in [2.75, 3.05) is 0 Å². The number of ether oxygens (including phenoxy) is 1. The zero-order valence-corrected chi connectivity index (χ0v) is 11.0. The topological polar surface area (TPSA) is 43.4 Å². The molecule has 0 fully saturated rings. The number of hydrogen-bond acceptors (Lipinski definition) is 3. The molecule has 0 aliphatic heterocycles. The Hall–Kier alpha value is -1.71. The highest BCUT2D eigenvalue weighted by atomic mass is 19.1. The summed E-state index contributed by atoms with van der Waals surface area (Å²) >= 11 is 0. The zero-order chi connectivity index (χ0) is 14.0. The standard InChI is InChI=1S/C14H17FO3/c1-13(2,3)18-12(17)14(4,15)11(16)10-8-6-5-7-9-10/h5-9H,1-4H3/t14-/m0/s1. The molecule has 18 heavy (non-hydrogen) atoms. The summed E-state index contributed by atoms with van der Waals surface area (Å²) in [5.74, 6) is -2.05. The van der Waals surface area contributed by atoms with Gasteiger partial charge in [-0.3, -0.25) is 4.79 Å². The Morgan fingerprint density at radius 2 is 1.56 bits per heavy atom. The van der Waals surface area contributed by atoms with Gasteiger partial charge in [0.1, 0.15) is 5.60 Å². The molecule has 0 N–H and O–H groups in total. The molecule has 0 radical (unpaired) electrons. The highest BCUT2D eigenvalue weighted by Gasteiger charge is 2.44. The van der Waals surface area contributed by atoms with Gasteiger partial charge < -0.3 is 4.74 Å². The second-order valence-corrected chi connectivity index (χ2v) is 5.20. The SMILES string of the molecule is CC(C)(C)OC(=O)[C@@](C)(F)C(=O)c1ccccc1. The molecular weight excluding hydrogens is 235 g/mol. The Balaban J connectivity index is 2.93. The van der Waals surface area contributed by atoms with Crippen LogP contribution >= 0.6 is 0 Å². The summed E-state index contributed by atoms with van der Waals surface area (Å²) in [6.45, 7) is 5.78. The van der Waals surface area contributed by atoms with Crippen molar-refractivity contribution in [3.05, 3.63) is 35.9 Å². The molecule has 1 aromatic carbocycles. The van der Waals surface area contributed by atoms with E-state index in [-0.39, 0.29) is 5.56 Å². The third-order valence-corrected chi connectivity index (χ3v) is 2.24. The minimum atomic E-state index is -2.67. The largest absolute Gasteiger partial charge is 0.457 e. The van der Waals surface area contributed by atoms with Gasteiger partial charge in [0.05, 0.1) is 0 Å². The average Bonchev–Trinajstić information content (AvgIpc) is 2.27. The van der Waals surface area contributed by atoms with Gasteiger partial charge in [-0.15, -0.1) is 0 Å². The molecule has 0 spiro atoms. The predicted octanol–water partition coefficient (Wildman–Crippen LogP) is 2.94. The molecule has 0 heterocycles. The molecule has 0 saturated carbocycles. The second kappa shape index (κ2) is 4.88. The summed E-state index contributed by atoms with van der Waals surface area (Å²) in [5.41, 5.74) is -3.36. The van der Waals surface area contributed by atoms with Gasteiger partial charge in [-0.1, -0.05) is 30.3 Å². The van der Waals surface area contributed by atoms with E-state index in [4.69, 9.17) is 4.74 Å². The van der Waals surface area contributed by atoms with Crippen molar-refractivity contribution < 1.29 is 18.7 Å². The Morgan fingerprint density at radius 3 is 2.00 bits per heavy atom. The monoisotopic (exact) mass is 252 g/mol. The highest BCUT2D eigenvalue weighted by molar-refractivity contribution is 6.15. The number of hydrogen-bond donors (Lipinski definition) is 0. The number of benzene rings is 1. The number of alkyl halides is 1. The van der Waals surface area contributed by atoms with Crippen molar-refractivity contribution in [1.29, 1.82) is 0 Å². The van der Waals surface area contributed by atoms with E-state index in [1.54, 1.807) is 39.0 Å². The maximum atomic E-state index is 14.3. The van der Waals surface area contributed by atoms with E-state index in [1.807, 2.05) is 0 Å². The lowest BCUT2D eigenvalue weighted by Crippen LogP contribution is -2.43. The van der Waals surface area contributed by atoms with Gasteiger partial charge in [0.25, 0.3) is 5.67 Å². The van der Waals surface area contributed by atoms with Gasteiger partial charge >= 0.3 is 5.97 Å². The Morgan fingerprint density at radius 1 is 1.06 bits per heavy atom. The van der Waals surface area contributed by atoms with Gasteiger partial charge in [0, 0.05) is 5.56 Å². The first-order chi connectivity index (χ1) is 8.14. The van der Waals surface area contributed by atoms with Crippen molar-refractivity contribution in [3.8, 4) is 0 Å². The number of ketones is 1. The van der Waals surface area contributed by atoms with Gasteiger partial charge in [0.2, 0.25) is 5.78 Å². The van der Waals surface area contributed by atoms with Gasteiger partial charge in [-0.2, -0.15) is 0 Å². The van der Waals surface area contributed by atoms with Gasteiger partial charge in [-0.05, 0) is 27.7 Å². The Bertz CT molecular complexity index is 444. The molecule has 0 aliphatic carbocycles. The number of rotatable bonds is 3. The van der Waals surface area contributed by atoms with Gasteiger partial charge in [0.15, 0.2) is 0 Å². The fourth-order valence-electron chi connectivity index (χ4n) is 1.33. The van der Waals surface area contributed by atoms with Crippen LogP contribution in [0.2, 0.25) is 0 Å². The van der Waals surface area contributed by atoms with Crippen molar-refractivity contribution in [2.24, 2.45) is 0 Å². The number of halogens is 1. The van der Waals surface area contributed by atoms with E-state index < -0.39 is 23.0 Å². The van der Waals surface area contributed by atoms with E-state index in [0.29, 0.717) is 0 Å². The van der Waals surface area contributed by atoms with Crippen LogP contribution in [0.4, 0.5) is 4.39 Å². The fraction of sp³-hybridized carbons (Fsp3) is 0.429. The number of carbonyl (C=O) groups is 2. The van der Waals surface area contributed by atoms with Crippen molar-refractivity contribution in [2.45, 2.75) is 39.0 Å². The van der Waals surface area contributed by atoms with Crippen LogP contribution in [0.5, 0.6) is 0 Å². The summed E-state index contributed by atoms with van der Waals surface area (Å²) in [4.78, 5) is 23.6. The lowest BCUT2D eigenvalue weighted by atomic mass is 9.96. The van der Waals surface area contributed by atoms with Crippen LogP contribution in [-0.4, -0.2) is 23.0 Å². The number of esters is 1. The van der Waals surface area contributed by atoms with E-state index in [1.165, 1.54) is 12.1 Å². The number of Topliss-reactive ketones (excluding diaryl/α,β-unsaturated/α-hetero) is 1. The molecule has 0 aliphatic rings. The lowest BCUT2D eigenvalue weighted by Gasteiger charge is -2.25. The summed E-state index contributed by atoms with van der Waals surface area (Å²) in [6, 6.07) is 7.85. The van der Waals surface area contributed by atoms with E-state index in [2.05, 4.69) is 0 Å². The average molecular weight is 252 g/mol. The molecule has 0 amide bonds. The van der Waals surface area contributed by atoms with Crippen LogP contribution in [0, 0.1) is 0 Å². The molecule has 0 aromatic heterocycles. The quantitative estimate of drug-likeness (QED) is 0.472. The molecule has 1 atom stereocenters. The first-order valence-electron chi connectivity index (χ1n) is 5.67. The fourth-order valence-corrected chi connectivity index (χ4v) is 1.33. The Labute approximate surface area is 106 Å². The Kier molecular flexibility index (Phi) is 3.89. The number of carbonyl (C=O) groups excluding carboxylic acids is 2. The van der Waals surface area contributed by atoms with Crippen molar-refractivity contribution in [3.63, 3.8) is 0 Å². The smallest absolute Gasteiger partial charge is 0.352 e. The maximum absolute atomic E-state index is 14.3. The molecule has 0 saturated heterocycles. The summed E-state index contributed by atoms with van der Waals surface area (Å²) in [7, 11) is 0. The molecular formula is C14H17FO3. The third kappa shape index (κ3) is 3.39. The first kappa shape index (κ1) is 14.4. The molecule has 4 heteroatoms. The molecule has 98 valence electrons. The van der Waals surface area contributed by atoms with Crippen molar-refractivity contribution in [1.82, 2.24) is 0 Å². The minimum absolute atomic E-state index is 0.147. The van der Waals surface area contributed by atoms with Crippen LogP contribution in [0.15, 0.2) is 30.3 Å². The minimum Gasteiger partial charge on any atom is -0.457 e. The second-order valence-electron chi connectivity index (χ2n) is 5.20. The summed E-state index contributed by atoms with van der Waals surface area (Å²) in [6.07, 6.45) is 0. The van der Waals surface area contributed by atoms with Crippen molar-refractivity contribution >= 4 is 11.8 Å². The highest BCUT2D eigenvalue weighted by Crippen LogP contribution is 2.22. The van der Waals surface area contributed by atoms with Crippen LogP contribution in [0.1, 0.15) is 38.1 Å². The zero-order valence-electron chi connectivity index (χ0n) is 11.0. The molecule has 1 aromatic rings. The van der Waals surface area contributed by atoms with Crippen LogP contribution in [0.25, 0.3) is 0 Å². The van der Waals surface area contributed by atoms with Crippen LogP contribution in [0.3, 0.4) is 0 Å². The van der Waals surface area contributed by atoms with Crippen LogP contribution in [-0.2, 0) is 9.53 Å². The molecule has 3 nitrogen and oxygen atoms in total. The first-order valence-corrected chi connectivity index (χ1v) is 5.67. The third-order valence-electron chi connectivity index (χ3n) is 2.24. The molecule has 1 rings (SSSR count). The predicted molar refractivity (Wildman–Crippen MR) is 66.1 cm³/mol. The molecule has 0 unspecified atom stereocenters. The van der Waals surface area contributed by atoms with E-state index in [0.717, 1.165) is 6.92 Å². The normalized spacial score (nSPS) is 14.7. The van der Waals surface area contributed by atoms with E-state index in [9.17, 15) is 14.0 Å².